The van der Waals surface area contributed by atoms with Crippen LogP contribution < -0.4 is 0 Å². The zero-order valence-electron chi connectivity index (χ0n) is 8.49. The van der Waals surface area contributed by atoms with Gasteiger partial charge >= 0.3 is 0 Å². The normalized spacial score (nSPS) is 27.1. The molecule has 1 aliphatic heterocycles. The molecule has 1 atom stereocenters. The van der Waals surface area contributed by atoms with Crippen LogP contribution in [0.25, 0.3) is 0 Å². The van der Waals surface area contributed by atoms with Gasteiger partial charge in [-0.1, -0.05) is 13.3 Å². The van der Waals surface area contributed by atoms with E-state index >= 15 is 0 Å². The summed E-state index contributed by atoms with van der Waals surface area (Å²) >= 11 is 0. The van der Waals surface area contributed by atoms with Gasteiger partial charge in [-0.25, -0.2) is 12.7 Å². The average molecular weight is 205 g/mol. The molecule has 1 heterocycles. The Balaban J connectivity index is 2.55. The predicted molar refractivity (Wildman–Crippen MR) is 54.0 cm³/mol. The van der Waals surface area contributed by atoms with E-state index < -0.39 is 10.0 Å². The maximum atomic E-state index is 11.3. The van der Waals surface area contributed by atoms with Crippen LogP contribution in [0.4, 0.5) is 0 Å². The minimum Gasteiger partial charge on any atom is -0.213 e. The van der Waals surface area contributed by atoms with Crippen molar-refractivity contribution in [1.82, 2.24) is 4.31 Å². The van der Waals surface area contributed by atoms with Crippen LogP contribution in [0, 0.1) is 5.92 Å². The number of hydrogen-bond donors (Lipinski definition) is 0. The summed E-state index contributed by atoms with van der Waals surface area (Å²) in [6, 6.07) is 0. The lowest BCUT2D eigenvalue weighted by molar-refractivity contribution is 0.410. The van der Waals surface area contributed by atoms with Crippen molar-refractivity contribution in [3.05, 3.63) is 0 Å². The molecule has 0 N–H and O–H groups in total. The van der Waals surface area contributed by atoms with E-state index in [4.69, 9.17) is 0 Å². The third-order valence-corrected chi connectivity index (χ3v) is 4.16. The van der Waals surface area contributed by atoms with E-state index in [1.807, 2.05) is 0 Å². The highest BCUT2D eigenvalue weighted by Crippen LogP contribution is 2.21. The fourth-order valence-electron chi connectivity index (χ4n) is 1.88. The second-order valence-corrected chi connectivity index (χ2v) is 5.85. The van der Waals surface area contributed by atoms with Crippen LogP contribution in [-0.4, -0.2) is 32.1 Å². The summed E-state index contributed by atoms with van der Waals surface area (Å²) in [5.74, 6) is 0.728. The Morgan fingerprint density at radius 3 is 2.54 bits per heavy atom. The lowest BCUT2D eigenvalue weighted by Crippen LogP contribution is -2.30. The fourth-order valence-corrected chi connectivity index (χ4v) is 2.78. The average Bonchev–Trinajstić information content (AvgIpc) is 2.26. The van der Waals surface area contributed by atoms with Gasteiger partial charge < -0.3 is 0 Å². The molecule has 78 valence electrons. The standard InChI is InChI=1S/C9H19NO2S/c1-3-9-5-4-7-10(8-6-9)13(2,11)12/h9H,3-8H2,1-2H3. The Morgan fingerprint density at radius 1 is 1.31 bits per heavy atom. The molecule has 0 aliphatic carbocycles. The quantitative estimate of drug-likeness (QED) is 0.684. The van der Waals surface area contributed by atoms with E-state index in [2.05, 4.69) is 6.92 Å². The lowest BCUT2D eigenvalue weighted by Gasteiger charge is -2.16. The molecular weight excluding hydrogens is 186 g/mol. The fraction of sp³-hybridized carbons (Fsp3) is 1.00. The van der Waals surface area contributed by atoms with E-state index in [9.17, 15) is 8.42 Å². The highest BCUT2D eigenvalue weighted by molar-refractivity contribution is 7.88. The molecule has 1 rings (SSSR count). The highest BCUT2D eigenvalue weighted by Gasteiger charge is 2.21. The van der Waals surface area contributed by atoms with Crippen molar-refractivity contribution in [2.75, 3.05) is 19.3 Å². The van der Waals surface area contributed by atoms with Crippen LogP contribution in [0.5, 0.6) is 0 Å². The van der Waals surface area contributed by atoms with Gasteiger partial charge in [-0.3, -0.25) is 0 Å². The maximum absolute atomic E-state index is 11.3. The van der Waals surface area contributed by atoms with Crippen molar-refractivity contribution in [1.29, 1.82) is 0 Å². The van der Waals surface area contributed by atoms with Gasteiger partial charge in [-0.05, 0) is 25.2 Å². The van der Waals surface area contributed by atoms with Gasteiger partial charge in [0, 0.05) is 13.1 Å². The highest BCUT2D eigenvalue weighted by atomic mass is 32.2. The molecule has 13 heavy (non-hydrogen) atoms. The van der Waals surface area contributed by atoms with Crippen molar-refractivity contribution in [2.24, 2.45) is 5.92 Å². The molecule has 4 heteroatoms. The molecule has 0 aromatic heterocycles. The van der Waals surface area contributed by atoms with Crippen molar-refractivity contribution < 1.29 is 8.42 Å². The zero-order valence-corrected chi connectivity index (χ0v) is 9.31. The summed E-state index contributed by atoms with van der Waals surface area (Å²) in [6.45, 7) is 3.62. The molecule has 1 saturated heterocycles. The Morgan fingerprint density at radius 2 is 2.00 bits per heavy atom. The van der Waals surface area contributed by atoms with Crippen molar-refractivity contribution >= 4 is 10.0 Å². The predicted octanol–water partition coefficient (Wildman–Crippen LogP) is 1.46. The second-order valence-electron chi connectivity index (χ2n) is 3.87. The number of sulfonamides is 1. The molecule has 0 aromatic rings. The number of rotatable bonds is 2. The summed E-state index contributed by atoms with van der Waals surface area (Å²) in [4.78, 5) is 0. The molecule has 0 spiro atoms. The first-order chi connectivity index (χ1) is 6.04. The molecule has 1 unspecified atom stereocenters. The Labute approximate surface area is 81.2 Å². The number of hydrogen-bond acceptors (Lipinski definition) is 2. The largest absolute Gasteiger partial charge is 0.213 e. The minimum absolute atomic E-state index is 0.718. The Kier molecular flexibility index (Phi) is 3.74. The van der Waals surface area contributed by atoms with E-state index in [1.54, 1.807) is 4.31 Å². The molecular formula is C9H19NO2S. The topological polar surface area (TPSA) is 37.4 Å². The van der Waals surface area contributed by atoms with Crippen LogP contribution >= 0.6 is 0 Å². The summed E-state index contributed by atoms with van der Waals surface area (Å²) in [5.41, 5.74) is 0. The molecule has 1 aliphatic rings. The van der Waals surface area contributed by atoms with E-state index in [1.165, 1.54) is 19.1 Å². The molecule has 0 radical (unpaired) electrons. The zero-order chi connectivity index (χ0) is 9.90. The van der Waals surface area contributed by atoms with Crippen molar-refractivity contribution in [3.8, 4) is 0 Å². The lowest BCUT2D eigenvalue weighted by atomic mass is 9.98. The van der Waals surface area contributed by atoms with Crippen LogP contribution in [0.15, 0.2) is 0 Å². The SMILES string of the molecule is CCC1CCCN(S(C)(=O)=O)CC1. The Bertz CT molecular complexity index is 248. The van der Waals surface area contributed by atoms with Gasteiger partial charge in [0.25, 0.3) is 0 Å². The minimum atomic E-state index is -2.95. The first kappa shape index (κ1) is 11.0. The molecule has 0 saturated carbocycles. The van der Waals surface area contributed by atoms with Crippen LogP contribution in [-0.2, 0) is 10.0 Å². The molecule has 0 amide bonds. The van der Waals surface area contributed by atoms with Crippen molar-refractivity contribution in [3.63, 3.8) is 0 Å². The monoisotopic (exact) mass is 205 g/mol. The van der Waals surface area contributed by atoms with Gasteiger partial charge in [0.1, 0.15) is 0 Å². The van der Waals surface area contributed by atoms with Gasteiger partial charge in [-0.2, -0.15) is 0 Å². The second kappa shape index (κ2) is 4.42. The van der Waals surface area contributed by atoms with Crippen LogP contribution in [0.1, 0.15) is 32.6 Å². The third-order valence-electron chi connectivity index (χ3n) is 2.85. The van der Waals surface area contributed by atoms with Gasteiger partial charge in [-0.15, -0.1) is 0 Å². The molecule has 0 aromatic carbocycles. The van der Waals surface area contributed by atoms with Crippen LogP contribution in [0.2, 0.25) is 0 Å². The molecule has 1 fully saturated rings. The first-order valence-electron chi connectivity index (χ1n) is 4.99. The maximum Gasteiger partial charge on any atom is 0.211 e. The number of nitrogens with zero attached hydrogens (tertiary/aromatic N) is 1. The van der Waals surface area contributed by atoms with Gasteiger partial charge in [0.05, 0.1) is 6.26 Å². The van der Waals surface area contributed by atoms with E-state index in [-0.39, 0.29) is 0 Å². The molecule has 3 nitrogen and oxygen atoms in total. The molecule has 0 bridgehead atoms. The first-order valence-corrected chi connectivity index (χ1v) is 6.84. The van der Waals surface area contributed by atoms with Crippen LogP contribution in [0.3, 0.4) is 0 Å². The van der Waals surface area contributed by atoms with E-state index in [0.29, 0.717) is 0 Å². The summed E-state index contributed by atoms with van der Waals surface area (Å²) in [7, 11) is -2.95. The third kappa shape index (κ3) is 3.27. The smallest absolute Gasteiger partial charge is 0.211 e. The Hall–Kier alpha value is -0.0900. The van der Waals surface area contributed by atoms with Crippen molar-refractivity contribution in [2.45, 2.75) is 32.6 Å². The van der Waals surface area contributed by atoms with E-state index in [0.717, 1.165) is 31.8 Å². The summed E-state index contributed by atoms with van der Waals surface area (Å²) in [5, 5.41) is 0. The summed E-state index contributed by atoms with van der Waals surface area (Å²) in [6.07, 6.45) is 5.72. The summed E-state index contributed by atoms with van der Waals surface area (Å²) < 4.78 is 24.1. The van der Waals surface area contributed by atoms with Gasteiger partial charge in [0.2, 0.25) is 10.0 Å². The van der Waals surface area contributed by atoms with Gasteiger partial charge in [0.15, 0.2) is 0 Å².